The van der Waals surface area contributed by atoms with E-state index in [9.17, 15) is 14.0 Å². The lowest BCUT2D eigenvalue weighted by molar-refractivity contribution is 0.0917. The summed E-state index contributed by atoms with van der Waals surface area (Å²) >= 11 is 1.63. The van der Waals surface area contributed by atoms with E-state index in [-0.39, 0.29) is 30.2 Å². The van der Waals surface area contributed by atoms with Crippen molar-refractivity contribution in [3.63, 3.8) is 0 Å². The standard InChI is InChI=1S/C18H13FO2S/c19-15-4-1-12(2-5-15)16(20)6-7-17(21)13-3-8-18-14(11-13)9-10-22-18/h1-5,8-11H,6-7H2. The number of carbonyl (C=O) groups is 2. The molecule has 0 amide bonds. The molecule has 0 radical (unpaired) electrons. The average Bonchev–Trinajstić information content (AvgIpc) is 3.00. The Morgan fingerprint density at radius 3 is 2.23 bits per heavy atom. The van der Waals surface area contributed by atoms with E-state index < -0.39 is 0 Å². The minimum Gasteiger partial charge on any atom is -0.294 e. The van der Waals surface area contributed by atoms with Crippen molar-refractivity contribution in [2.24, 2.45) is 0 Å². The Morgan fingerprint density at radius 2 is 1.50 bits per heavy atom. The highest BCUT2D eigenvalue weighted by Gasteiger charge is 2.12. The Morgan fingerprint density at radius 1 is 0.864 bits per heavy atom. The van der Waals surface area contributed by atoms with Gasteiger partial charge in [0.2, 0.25) is 0 Å². The zero-order chi connectivity index (χ0) is 15.5. The predicted molar refractivity (Wildman–Crippen MR) is 86.1 cm³/mol. The molecular weight excluding hydrogens is 299 g/mol. The fraction of sp³-hybridized carbons (Fsp3) is 0.111. The summed E-state index contributed by atoms with van der Waals surface area (Å²) < 4.78 is 14.0. The molecule has 2 nitrogen and oxygen atoms in total. The number of carbonyl (C=O) groups excluding carboxylic acids is 2. The first-order chi connectivity index (χ1) is 10.6. The van der Waals surface area contributed by atoms with E-state index in [1.807, 2.05) is 23.6 Å². The first-order valence-electron chi connectivity index (χ1n) is 6.93. The normalized spacial score (nSPS) is 10.8. The number of halogens is 1. The number of thiophene rings is 1. The van der Waals surface area contributed by atoms with E-state index in [0.29, 0.717) is 11.1 Å². The van der Waals surface area contributed by atoms with Gasteiger partial charge in [-0.2, -0.15) is 0 Å². The van der Waals surface area contributed by atoms with Crippen LogP contribution >= 0.6 is 11.3 Å². The highest BCUT2D eigenvalue weighted by molar-refractivity contribution is 7.17. The van der Waals surface area contributed by atoms with E-state index in [2.05, 4.69) is 0 Å². The lowest BCUT2D eigenvalue weighted by Gasteiger charge is -2.02. The van der Waals surface area contributed by atoms with Crippen molar-refractivity contribution >= 4 is 33.0 Å². The van der Waals surface area contributed by atoms with Gasteiger partial charge in [0.25, 0.3) is 0 Å². The number of fused-ring (bicyclic) bond motifs is 1. The molecule has 0 aliphatic heterocycles. The number of benzene rings is 2. The molecule has 0 spiro atoms. The van der Waals surface area contributed by atoms with Crippen molar-refractivity contribution in [2.75, 3.05) is 0 Å². The van der Waals surface area contributed by atoms with Crippen LogP contribution in [0.15, 0.2) is 53.9 Å². The zero-order valence-electron chi connectivity index (χ0n) is 11.7. The van der Waals surface area contributed by atoms with Gasteiger partial charge in [-0.05, 0) is 59.3 Å². The number of Topliss-reactive ketones (excluding diaryl/α,β-unsaturated/α-hetero) is 2. The molecule has 0 unspecified atom stereocenters. The lowest BCUT2D eigenvalue weighted by Crippen LogP contribution is -2.05. The van der Waals surface area contributed by atoms with E-state index in [4.69, 9.17) is 0 Å². The highest BCUT2D eigenvalue weighted by Crippen LogP contribution is 2.22. The largest absolute Gasteiger partial charge is 0.294 e. The topological polar surface area (TPSA) is 34.1 Å². The van der Waals surface area contributed by atoms with Crippen molar-refractivity contribution in [1.29, 1.82) is 0 Å². The number of rotatable bonds is 5. The van der Waals surface area contributed by atoms with Crippen molar-refractivity contribution in [1.82, 2.24) is 0 Å². The van der Waals surface area contributed by atoms with Gasteiger partial charge >= 0.3 is 0 Å². The smallest absolute Gasteiger partial charge is 0.163 e. The van der Waals surface area contributed by atoms with E-state index in [0.717, 1.165) is 10.1 Å². The molecule has 3 rings (SSSR count). The van der Waals surface area contributed by atoms with Gasteiger partial charge in [0.1, 0.15) is 5.82 Å². The molecule has 110 valence electrons. The molecule has 0 N–H and O–H groups in total. The molecule has 0 aliphatic carbocycles. The molecule has 1 heterocycles. The van der Waals surface area contributed by atoms with Crippen LogP contribution in [0.2, 0.25) is 0 Å². The minimum atomic E-state index is -0.378. The third kappa shape index (κ3) is 3.12. The summed E-state index contributed by atoms with van der Waals surface area (Å²) in [5, 5.41) is 3.03. The second-order valence-corrected chi connectivity index (χ2v) is 5.97. The van der Waals surface area contributed by atoms with Crippen LogP contribution in [-0.2, 0) is 0 Å². The molecule has 0 bridgehead atoms. The van der Waals surface area contributed by atoms with E-state index in [1.54, 1.807) is 17.4 Å². The third-order valence-corrected chi connectivity index (χ3v) is 4.42. The molecule has 0 aliphatic rings. The van der Waals surface area contributed by atoms with Crippen LogP contribution < -0.4 is 0 Å². The van der Waals surface area contributed by atoms with Gasteiger partial charge in [-0.25, -0.2) is 4.39 Å². The third-order valence-electron chi connectivity index (χ3n) is 3.52. The minimum absolute atomic E-state index is 0.0523. The van der Waals surface area contributed by atoms with Crippen LogP contribution in [0.25, 0.3) is 10.1 Å². The Balaban J connectivity index is 1.66. The number of ketones is 2. The van der Waals surface area contributed by atoms with E-state index >= 15 is 0 Å². The molecule has 4 heteroatoms. The van der Waals surface area contributed by atoms with Gasteiger partial charge in [-0.1, -0.05) is 0 Å². The van der Waals surface area contributed by atoms with Gasteiger partial charge < -0.3 is 0 Å². The van der Waals surface area contributed by atoms with Crippen LogP contribution in [0.5, 0.6) is 0 Å². The van der Waals surface area contributed by atoms with Gasteiger partial charge in [-0.15, -0.1) is 11.3 Å². The maximum Gasteiger partial charge on any atom is 0.163 e. The maximum atomic E-state index is 12.8. The first kappa shape index (κ1) is 14.6. The average molecular weight is 312 g/mol. The molecule has 1 aromatic heterocycles. The van der Waals surface area contributed by atoms with Crippen molar-refractivity contribution in [3.8, 4) is 0 Å². The Labute approximate surface area is 131 Å². The molecule has 0 saturated carbocycles. The fourth-order valence-electron chi connectivity index (χ4n) is 2.29. The quantitative estimate of drug-likeness (QED) is 0.629. The molecule has 3 aromatic rings. The van der Waals surface area contributed by atoms with Crippen LogP contribution in [0.4, 0.5) is 4.39 Å². The summed E-state index contributed by atoms with van der Waals surface area (Å²) in [5.74, 6) is -0.579. The summed E-state index contributed by atoms with van der Waals surface area (Å²) in [6.45, 7) is 0. The van der Waals surface area contributed by atoms with Crippen molar-refractivity contribution < 1.29 is 14.0 Å². The van der Waals surface area contributed by atoms with Gasteiger partial charge in [0.05, 0.1) is 0 Å². The molecular formula is C18H13FO2S. The summed E-state index contributed by atoms with van der Waals surface area (Å²) in [6.07, 6.45) is 0.290. The summed E-state index contributed by atoms with van der Waals surface area (Å²) in [6, 6.07) is 12.9. The zero-order valence-corrected chi connectivity index (χ0v) is 12.5. The van der Waals surface area contributed by atoms with Crippen molar-refractivity contribution in [2.45, 2.75) is 12.8 Å². The molecule has 0 fully saturated rings. The summed E-state index contributed by atoms with van der Waals surface area (Å²) in [4.78, 5) is 24.2. The monoisotopic (exact) mass is 312 g/mol. The number of hydrogen-bond donors (Lipinski definition) is 0. The second-order valence-electron chi connectivity index (χ2n) is 5.03. The molecule has 0 saturated heterocycles. The second kappa shape index (κ2) is 6.20. The van der Waals surface area contributed by atoms with E-state index in [1.165, 1.54) is 24.3 Å². The van der Waals surface area contributed by atoms with Gasteiger partial charge in [0.15, 0.2) is 11.6 Å². The molecule has 0 atom stereocenters. The van der Waals surface area contributed by atoms with Gasteiger partial charge in [0, 0.05) is 28.7 Å². The van der Waals surface area contributed by atoms with Gasteiger partial charge in [-0.3, -0.25) is 9.59 Å². The maximum absolute atomic E-state index is 12.8. The number of hydrogen-bond acceptors (Lipinski definition) is 3. The highest BCUT2D eigenvalue weighted by atomic mass is 32.1. The fourth-order valence-corrected chi connectivity index (χ4v) is 3.06. The molecule has 22 heavy (non-hydrogen) atoms. The van der Waals surface area contributed by atoms with Crippen LogP contribution in [-0.4, -0.2) is 11.6 Å². The molecule has 2 aromatic carbocycles. The SMILES string of the molecule is O=C(CCC(=O)c1ccc2sccc2c1)c1ccc(F)cc1. The summed E-state index contributed by atoms with van der Waals surface area (Å²) in [5.41, 5.74) is 1.06. The van der Waals surface area contributed by atoms with Crippen LogP contribution in [0, 0.1) is 5.82 Å². The van der Waals surface area contributed by atoms with Crippen molar-refractivity contribution in [3.05, 3.63) is 70.9 Å². The lowest BCUT2D eigenvalue weighted by atomic mass is 10.0. The Bertz CT molecular complexity index is 834. The predicted octanol–water partition coefficient (Wildman–Crippen LogP) is 4.89. The Hall–Kier alpha value is -2.33. The van der Waals surface area contributed by atoms with Crippen LogP contribution in [0.3, 0.4) is 0 Å². The first-order valence-corrected chi connectivity index (χ1v) is 7.81. The van der Waals surface area contributed by atoms with Crippen LogP contribution in [0.1, 0.15) is 33.6 Å². The summed E-state index contributed by atoms with van der Waals surface area (Å²) in [7, 11) is 0. The Kier molecular flexibility index (Phi) is 4.11.